The summed E-state index contributed by atoms with van der Waals surface area (Å²) in [4.78, 5) is 4.86. The molecule has 1 aromatic heterocycles. The van der Waals surface area contributed by atoms with Crippen LogP contribution in [0.25, 0.3) is 21.8 Å². The molecule has 0 amide bonds. The molecular formula is C20H16N2O2S. The van der Waals surface area contributed by atoms with Crippen LogP contribution >= 0.6 is 0 Å². The maximum Gasteiger partial charge on any atom is 0.261 e. The Bertz CT molecular complexity index is 1180. The molecule has 3 aromatic carbocycles. The van der Waals surface area contributed by atoms with Crippen LogP contribution in [0.1, 0.15) is 5.56 Å². The minimum atomic E-state index is -3.62. The number of anilines is 1. The van der Waals surface area contributed by atoms with Crippen LogP contribution in [-0.2, 0) is 10.0 Å². The van der Waals surface area contributed by atoms with E-state index in [4.69, 9.17) is 0 Å². The topological polar surface area (TPSA) is 59.1 Å². The van der Waals surface area contributed by atoms with E-state index in [1.807, 2.05) is 37.3 Å². The average molecular weight is 348 g/mol. The van der Waals surface area contributed by atoms with E-state index >= 15 is 0 Å². The quantitative estimate of drug-likeness (QED) is 0.555. The molecule has 0 atom stereocenters. The van der Waals surface area contributed by atoms with Crippen molar-refractivity contribution < 1.29 is 8.42 Å². The highest BCUT2D eigenvalue weighted by molar-refractivity contribution is 7.92. The summed E-state index contributed by atoms with van der Waals surface area (Å²) in [5, 5.41) is 2.03. The lowest BCUT2D eigenvalue weighted by atomic mass is 10.1. The first-order valence-corrected chi connectivity index (χ1v) is 9.39. The van der Waals surface area contributed by atoms with E-state index in [0.29, 0.717) is 5.69 Å². The van der Waals surface area contributed by atoms with Gasteiger partial charge in [0, 0.05) is 10.8 Å². The van der Waals surface area contributed by atoms with Crippen LogP contribution in [0.2, 0.25) is 0 Å². The van der Waals surface area contributed by atoms with E-state index in [0.717, 1.165) is 27.4 Å². The first-order valence-electron chi connectivity index (χ1n) is 7.90. The maximum atomic E-state index is 12.5. The third-order valence-electron chi connectivity index (χ3n) is 4.10. The minimum absolute atomic E-state index is 0.240. The number of benzene rings is 3. The number of aryl methyl sites for hydroxylation is 1. The first kappa shape index (κ1) is 15.6. The third kappa shape index (κ3) is 3.06. The minimum Gasteiger partial charge on any atom is -0.280 e. The van der Waals surface area contributed by atoms with Crippen molar-refractivity contribution in [1.29, 1.82) is 0 Å². The summed E-state index contributed by atoms with van der Waals surface area (Å²) in [6.07, 6.45) is 0. The fraction of sp³-hybridized carbons (Fsp3) is 0.0500. The molecular weight excluding hydrogens is 332 g/mol. The van der Waals surface area contributed by atoms with Crippen molar-refractivity contribution in [2.75, 3.05) is 4.72 Å². The molecule has 0 unspecified atom stereocenters. The van der Waals surface area contributed by atoms with Crippen LogP contribution in [0.5, 0.6) is 0 Å². The fourth-order valence-corrected chi connectivity index (χ4v) is 3.82. The van der Waals surface area contributed by atoms with Crippen LogP contribution < -0.4 is 4.72 Å². The second-order valence-electron chi connectivity index (χ2n) is 6.01. The Morgan fingerprint density at radius 3 is 2.32 bits per heavy atom. The van der Waals surface area contributed by atoms with E-state index in [1.165, 1.54) is 0 Å². The van der Waals surface area contributed by atoms with E-state index in [-0.39, 0.29) is 4.90 Å². The largest absolute Gasteiger partial charge is 0.280 e. The van der Waals surface area contributed by atoms with Gasteiger partial charge in [-0.3, -0.25) is 4.72 Å². The van der Waals surface area contributed by atoms with Crippen molar-refractivity contribution in [2.45, 2.75) is 11.8 Å². The van der Waals surface area contributed by atoms with Gasteiger partial charge in [0.05, 0.1) is 21.6 Å². The zero-order valence-corrected chi connectivity index (χ0v) is 14.4. The predicted octanol–water partition coefficient (Wildman–Crippen LogP) is 4.50. The van der Waals surface area contributed by atoms with Gasteiger partial charge in [0.25, 0.3) is 10.0 Å². The summed E-state index contributed by atoms with van der Waals surface area (Å²) >= 11 is 0. The summed E-state index contributed by atoms with van der Waals surface area (Å²) < 4.78 is 27.7. The molecule has 1 N–H and O–H groups in total. The molecule has 0 aliphatic carbocycles. The molecule has 0 bridgehead atoms. The van der Waals surface area contributed by atoms with Crippen molar-refractivity contribution in [2.24, 2.45) is 0 Å². The van der Waals surface area contributed by atoms with Crippen LogP contribution in [0.15, 0.2) is 77.7 Å². The summed E-state index contributed by atoms with van der Waals surface area (Å²) in [6.45, 7) is 1.92. The molecule has 0 saturated heterocycles. The summed E-state index contributed by atoms with van der Waals surface area (Å²) in [6, 6.07) is 22.1. The van der Waals surface area contributed by atoms with Gasteiger partial charge in [0.15, 0.2) is 0 Å². The van der Waals surface area contributed by atoms with Crippen LogP contribution in [0, 0.1) is 6.92 Å². The Morgan fingerprint density at radius 1 is 0.800 bits per heavy atom. The molecule has 0 fully saturated rings. The second kappa shape index (κ2) is 5.86. The summed E-state index contributed by atoms with van der Waals surface area (Å²) in [7, 11) is -3.62. The standard InChI is InChI=1S/C20H16N2O2S/c1-14-6-10-18(11-7-14)25(23,24)22-17-9-8-16-12-15-4-2-3-5-19(15)21-20(16)13-17/h2-13,22H,1H3. The number of sulfonamides is 1. The summed E-state index contributed by atoms with van der Waals surface area (Å²) in [5.74, 6) is 0. The van der Waals surface area contributed by atoms with Crippen LogP contribution in [-0.4, -0.2) is 13.4 Å². The number of nitrogens with one attached hydrogen (secondary N) is 1. The zero-order valence-electron chi connectivity index (χ0n) is 13.6. The zero-order chi connectivity index (χ0) is 17.4. The molecule has 25 heavy (non-hydrogen) atoms. The van der Waals surface area contributed by atoms with Crippen molar-refractivity contribution in [3.8, 4) is 0 Å². The van der Waals surface area contributed by atoms with Gasteiger partial charge in [-0.15, -0.1) is 0 Å². The molecule has 0 saturated carbocycles. The molecule has 0 aliphatic rings. The molecule has 4 nitrogen and oxygen atoms in total. The number of fused-ring (bicyclic) bond motifs is 2. The number of aromatic nitrogens is 1. The van der Waals surface area contributed by atoms with E-state index < -0.39 is 10.0 Å². The number of pyridine rings is 1. The highest BCUT2D eigenvalue weighted by atomic mass is 32.2. The van der Waals surface area contributed by atoms with Crippen LogP contribution in [0.4, 0.5) is 5.69 Å². The Balaban J connectivity index is 1.74. The Kier molecular flexibility index (Phi) is 3.66. The molecule has 4 rings (SSSR count). The number of hydrogen-bond donors (Lipinski definition) is 1. The second-order valence-corrected chi connectivity index (χ2v) is 7.69. The van der Waals surface area contributed by atoms with Gasteiger partial charge < -0.3 is 0 Å². The number of rotatable bonds is 3. The van der Waals surface area contributed by atoms with Gasteiger partial charge in [0.2, 0.25) is 0 Å². The van der Waals surface area contributed by atoms with Gasteiger partial charge >= 0.3 is 0 Å². The molecule has 4 aromatic rings. The van der Waals surface area contributed by atoms with Crippen molar-refractivity contribution >= 4 is 37.5 Å². The smallest absolute Gasteiger partial charge is 0.261 e. The monoisotopic (exact) mass is 348 g/mol. The SMILES string of the molecule is Cc1ccc(S(=O)(=O)Nc2ccc3cc4ccccc4nc3c2)cc1. The Morgan fingerprint density at radius 2 is 1.52 bits per heavy atom. The Labute approximate surface area is 146 Å². The van der Waals surface area contributed by atoms with Gasteiger partial charge in [0.1, 0.15) is 0 Å². The summed E-state index contributed by atoms with van der Waals surface area (Å²) in [5.41, 5.74) is 3.15. The number of hydrogen-bond acceptors (Lipinski definition) is 3. The number of para-hydroxylation sites is 1. The average Bonchev–Trinajstić information content (AvgIpc) is 2.60. The highest BCUT2D eigenvalue weighted by Gasteiger charge is 2.14. The first-order chi connectivity index (χ1) is 12.0. The van der Waals surface area contributed by atoms with Gasteiger partial charge in [-0.1, -0.05) is 42.0 Å². The molecule has 0 aliphatic heterocycles. The molecule has 124 valence electrons. The van der Waals surface area contributed by atoms with Crippen molar-refractivity contribution in [3.63, 3.8) is 0 Å². The van der Waals surface area contributed by atoms with Crippen molar-refractivity contribution in [1.82, 2.24) is 4.98 Å². The third-order valence-corrected chi connectivity index (χ3v) is 5.50. The Hall–Kier alpha value is -2.92. The van der Waals surface area contributed by atoms with Gasteiger partial charge in [-0.25, -0.2) is 13.4 Å². The lowest BCUT2D eigenvalue weighted by Crippen LogP contribution is -2.12. The maximum absolute atomic E-state index is 12.5. The normalized spacial score (nSPS) is 11.7. The predicted molar refractivity (Wildman–Crippen MR) is 101 cm³/mol. The fourth-order valence-electron chi connectivity index (χ4n) is 2.77. The van der Waals surface area contributed by atoms with Gasteiger partial charge in [-0.05, 0) is 43.3 Å². The van der Waals surface area contributed by atoms with E-state index in [1.54, 1.807) is 36.4 Å². The van der Waals surface area contributed by atoms with Crippen molar-refractivity contribution in [3.05, 3.63) is 78.4 Å². The molecule has 5 heteroatoms. The molecule has 0 radical (unpaired) electrons. The molecule has 1 heterocycles. The van der Waals surface area contributed by atoms with Gasteiger partial charge in [-0.2, -0.15) is 0 Å². The van der Waals surface area contributed by atoms with Crippen LogP contribution in [0.3, 0.4) is 0 Å². The molecule has 0 spiro atoms. The lowest BCUT2D eigenvalue weighted by Gasteiger charge is -2.09. The lowest BCUT2D eigenvalue weighted by molar-refractivity contribution is 0.601. The van der Waals surface area contributed by atoms with E-state index in [2.05, 4.69) is 15.8 Å². The van der Waals surface area contributed by atoms with E-state index in [9.17, 15) is 8.42 Å². The highest BCUT2D eigenvalue weighted by Crippen LogP contribution is 2.24. The number of nitrogens with zero attached hydrogens (tertiary/aromatic N) is 1.